The van der Waals surface area contributed by atoms with Gasteiger partial charge in [-0.3, -0.25) is 4.79 Å². The highest BCUT2D eigenvalue weighted by Crippen LogP contribution is 2.36. The summed E-state index contributed by atoms with van der Waals surface area (Å²) >= 11 is 12.7. The summed E-state index contributed by atoms with van der Waals surface area (Å²) in [4.78, 5) is 20.0. The summed E-state index contributed by atoms with van der Waals surface area (Å²) in [6.07, 6.45) is 3.03. The second-order valence-electron chi connectivity index (χ2n) is 7.76. The van der Waals surface area contributed by atoms with Crippen molar-refractivity contribution >= 4 is 29.0 Å². The minimum atomic E-state index is -0.0418. The van der Waals surface area contributed by atoms with Gasteiger partial charge >= 0.3 is 0 Å². The van der Waals surface area contributed by atoms with E-state index in [0.717, 1.165) is 12.8 Å². The molecule has 162 valence electrons. The standard InChI is InChI=1S/C22H21Cl2N3O4/c1-11(2)29-22-19(24)8-14(10-25-22)21-26-20(27-31-21)17-5-4-15(9-18(17)23)30-16-6-13(7-16)12(3)28/h4-5,8-11,13,16H,6-7H2,1-3H3. The van der Waals surface area contributed by atoms with Crippen molar-refractivity contribution in [3.05, 3.63) is 40.5 Å². The first-order valence-corrected chi connectivity index (χ1v) is 10.7. The van der Waals surface area contributed by atoms with Crippen LogP contribution in [0.5, 0.6) is 11.6 Å². The molecule has 0 aliphatic heterocycles. The van der Waals surface area contributed by atoms with Crippen molar-refractivity contribution in [2.45, 2.75) is 45.8 Å². The zero-order valence-electron chi connectivity index (χ0n) is 17.3. The molecule has 7 nitrogen and oxygen atoms in total. The molecule has 0 unspecified atom stereocenters. The van der Waals surface area contributed by atoms with Crippen LogP contribution < -0.4 is 9.47 Å². The summed E-state index contributed by atoms with van der Waals surface area (Å²) in [6.45, 7) is 5.40. The normalized spacial score (nSPS) is 18.0. The molecule has 9 heteroatoms. The highest BCUT2D eigenvalue weighted by atomic mass is 35.5. The molecular formula is C22H21Cl2N3O4. The molecule has 2 aromatic heterocycles. The van der Waals surface area contributed by atoms with E-state index in [4.69, 9.17) is 37.2 Å². The summed E-state index contributed by atoms with van der Waals surface area (Å²) in [5.74, 6) is 1.90. The van der Waals surface area contributed by atoms with Crippen LogP contribution in [-0.4, -0.2) is 33.1 Å². The monoisotopic (exact) mass is 461 g/mol. The number of hydrogen-bond acceptors (Lipinski definition) is 7. The Kier molecular flexibility index (Phi) is 6.16. The van der Waals surface area contributed by atoms with E-state index in [-0.39, 0.29) is 29.8 Å². The van der Waals surface area contributed by atoms with Gasteiger partial charge in [0, 0.05) is 17.7 Å². The maximum absolute atomic E-state index is 11.3. The van der Waals surface area contributed by atoms with Crippen LogP contribution in [-0.2, 0) is 4.79 Å². The van der Waals surface area contributed by atoms with Gasteiger partial charge in [0.25, 0.3) is 5.89 Å². The number of halogens is 2. The van der Waals surface area contributed by atoms with Crippen molar-refractivity contribution in [3.63, 3.8) is 0 Å². The van der Waals surface area contributed by atoms with Crippen molar-refractivity contribution in [2.24, 2.45) is 5.92 Å². The van der Waals surface area contributed by atoms with Crippen LogP contribution in [0.1, 0.15) is 33.6 Å². The Hall–Kier alpha value is -2.64. The van der Waals surface area contributed by atoms with Gasteiger partial charge in [-0.05, 0) is 57.9 Å². The first-order valence-electron chi connectivity index (χ1n) is 9.93. The van der Waals surface area contributed by atoms with Crippen molar-refractivity contribution in [2.75, 3.05) is 0 Å². The first kappa shape index (κ1) is 21.6. The molecule has 1 saturated carbocycles. The van der Waals surface area contributed by atoms with E-state index >= 15 is 0 Å². The van der Waals surface area contributed by atoms with Gasteiger partial charge in [0.05, 0.1) is 16.7 Å². The molecule has 2 heterocycles. The maximum Gasteiger partial charge on any atom is 0.259 e. The second-order valence-corrected chi connectivity index (χ2v) is 8.58. The van der Waals surface area contributed by atoms with Gasteiger partial charge in [-0.2, -0.15) is 4.98 Å². The minimum absolute atomic E-state index is 0.0347. The van der Waals surface area contributed by atoms with E-state index in [0.29, 0.717) is 38.6 Å². The van der Waals surface area contributed by atoms with Gasteiger partial charge in [0.2, 0.25) is 11.7 Å². The van der Waals surface area contributed by atoms with Gasteiger partial charge in [-0.1, -0.05) is 28.4 Å². The van der Waals surface area contributed by atoms with E-state index in [9.17, 15) is 4.79 Å². The van der Waals surface area contributed by atoms with Crippen LogP contribution in [0.2, 0.25) is 10.0 Å². The average molecular weight is 462 g/mol. The van der Waals surface area contributed by atoms with Crippen molar-refractivity contribution < 1.29 is 18.8 Å². The molecule has 1 aliphatic carbocycles. The number of hydrogen-bond donors (Lipinski definition) is 0. The predicted molar refractivity (Wildman–Crippen MR) is 117 cm³/mol. The zero-order chi connectivity index (χ0) is 22.1. The Morgan fingerprint density at radius 2 is 1.97 bits per heavy atom. The van der Waals surface area contributed by atoms with Gasteiger partial charge in [0.1, 0.15) is 22.7 Å². The fourth-order valence-corrected chi connectivity index (χ4v) is 3.71. The summed E-state index contributed by atoms with van der Waals surface area (Å²) in [5.41, 5.74) is 1.18. The molecule has 0 atom stereocenters. The largest absolute Gasteiger partial charge is 0.490 e. The molecule has 31 heavy (non-hydrogen) atoms. The summed E-state index contributed by atoms with van der Waals surface area (Å²) in [7, 11) is 0. The molecule has 0 saturated heterocycles. The second kappa shape index (κ2) is 8.85. The Morgan fingerprint density at radius 3 is 2.61 bits per heavy atom. The number of ether oxygens (including phenoxy) is 2. The van der Waals surface area contributed by atoms with Crippen molar-refractivity contribution in [3.8, 4) is 34.5 Å². The van der Waals surface area contributed by atoms with Crippen molar-refractivity contribution in [1.82, 2.24) is 15.1 Å². The number of ketones is 1. The van der Waals surface area contributed by atoms with Crippen LogP contribution in [0.15, 0.2) is 35.0 Å². The molecular weight excluding hydrogens is 441 g/mol. The third-order valence-electron chi connectivity index (χ3n) is 4.98. The van der Waals surface area contributed by atoms with Crippen LogP contribution in [0, 0.1) is 5.92 Å². The average Bonchev–Trinajstić information content (AvgIpc) is 3.15. The number of rotatable bonds is 7. The number of carbonyl (C=O) groups is 1. The number of Topliss-reactive ketones (excluding diaryl/α,β-unsaturated/α-hetero) is 1. The van der Waals surface area contributed by atoms with Gasteiger partial charge in [-0.25, -0.2) is 4.98 Å². The quantitative estimate of drug-likeness (QED) is 0.449. The Balaban J connectivity index is 1.48. The molecule has 0 N–H and O–H groups in total. The summed E-state index contributed by atoms with van der Waals surface area (Å²) < 4.78 is 16.8. The van der Waals surface area contributed by atoms with E-state index < -0.39 is 0 Å². The topological polar surface area (TPSA) is 87.3 Å². The smallest absolute Gasteiger partial charge is 0.259 e. The highest BCUT2D eigenvalue weighted by Gasteiger charge is 2.34. The number of aromatic nitrogens is 3. The fourth-order valence-electron chi connectivity index (χ4n) is 3.24. The van der Waals surface area contributed by atoms with Crippen LogP contribution in [0.25, 0.3) is 22.8 Å². The molecule has 1 fully saturated rings. The lowest BCUT2D eigenvalue weighted by molar-refractivity contribution is -0.126. The fraction of sp³-hybridized carbons (Fsp3) is 0.364. The van der Waals surface area contributed by atoms with Gasteiger partial charge in [-0.15, -0.1) is 0 Å². The van der Waals surface area contributed by atoms with Crippen LogP contribution >= 0.6 is 23.2 Å². The first-order chi connectivity index (χ1) is 14.8. The van der Waals surface area contributed by atoms with Gasteiger partial charge < -0.3 is 14.0 Å². The number of benzene rings is 1. The maximum atomic E-state index is 11.3. The predicted octanol–water partition coefficient (Wildman–Crippen LogP) is 5.64. The molecule has 3 aromatic rings. The highest BCUT2D eigenvalue weighted by molar-refractivity contribution is 6.33. The SMILES string of the molecule is CC(=O)C1CC(Oc2ccc(-c3noc(-c4cnc(OC(C)C)c(Cl)c4)n3)c(Cl)c2)C1. The molecule has 4 rings (SSSR count). The van der Waals surface area contributed by atoms with Crippen molar-refractivity contribution in [1.29, 1.82) is 0 Å². The summed E-state index contributed by atoms with van der Waals surface area (Å²) in [5, 5.41) is 4.81. The minimum Gasteiger partial charge on any atom is -0.490 e. The van der Waals surface area contributed by atoms with E-state index in [1.165, 1.54) is 0 Å². The molecule has 0 amide bonds. The lowest BCUT2D eigenvalue weighted by atomic mass is 9.80. The lowest BCUT2D eigenvalue weighted by Gasteiger charge is -2.33. The molecule has 0 spiro atoms. The van der Waals surface area contributed by atoms with E-state index in [1.807, 2.05) is 13.8 Å². The lowest BCUT2D eigenvalue weighted by Crippen LogP contribution is -2.37. The molecule has 0 bridgehead atoms. The van der Waals surface area contributed by atoms with Crippen LogP contribution in [0.3, 0.4) is 0 Å². The Bertz CT molecular complexity index is 1110. The Morgan fingerprint density at radius 1 is 1.19 bits per heavy atom. The molecule has 1 aliphatic rings. The van der Waals surface area contributed by atoms with Crippen LogP contribution in [0.4, 0.5) is 0 Å². The molecule has 1 aromatic carbocycles. The van der Waals surface area contributed by atoms with E-state index in [1.54, 1.807) is 37.4 Å². The van der Waals surface area contributed by atoms with E-state index in [2.05, 4.69) is 15.1 Å². The third kappa shape index (κ3) is 4.83. The number of nitrogens with zero attached hydrogens (tertiary/aromatic N) is 3. The molecule has 0 radical (unpaired) electrons. The Labute approximate surface area is 189 Å². The third-order valence-corrected chi connectivity index (χ3v) is 5.57. The zero-order valence-corrected chi connectivity index (χ0v) is 18.8. The summed E-state index contributed by atoms with van der Waals surface area (Å²) in [6, 6.07) is 6.95. The van der Waals surface area contributed by atoms with Gasteiger partial charge in [0.15, 0.2) is 0 Å². The number of pyridine rings is 1. The number of carbonyl (C=O) groups excluding carboxylic acids is 1.